The molecular weight excluding hydrogens is 262 g/mol. The number of carboxylic acid groups (broad SMARTS) is 1. The van der Waals surface area contributed by atoms with Gasteiger partial charge in [-0.3, -0.25) is 9.59 Å². The van der Waals surface area contributed by atoms with E-state index in [9.17, 15) is 9.59 Å². The lowest BCUT2D eigenvalue weighted by Gasteiger charge is -2.09. The van der Waals surface area contributed by atoms with Crippen LogP contribution in [0.15, 0.2) is 12.1 Å². The number of rotatable bonds is 5. The van der Waals surface area contributed by atoms with Gasteiger partial charge < -0.3 is 10.4 Å². The lowest BCUT2D eigenvalue weighted by Crippen LogP contribution is -2.29. The van der Waals surface area contributed by atoms with Gasteiger partial charge in [0.1, 0.15) is 0 Å². The van der Waals surface area contributed by atoms with Crippen molar-refractivity contribution in [1.82, 2.24) is 5.32 Å². The van der Waals surface area contributed by atoms with Crippen molar-refractivity contribution in [3.05, 3.63) is 21.9 Å². The molecule has 1 amide bonds. The summed E-state index contributed by atoms with van der Waals surface area (Å²) in [7, 11) is 0. The van der Waals surface area contributed by atoms with Crippen LogP contribution in [0.1, 0.15) is 35.9 Å². The van der Waals surface area contributed by atoms with Gasteiger partial charge in [-0.25, -0.2) is 0 Å². The van der Waals surface area contributed by atoms with E-state index < -0.39 is 5.97 Å². The number of carbonyl (C=O) groups is 2. The van der Waals surface area contributed by atoms with Gasteiger partial charge in [-0.15, -0.1) is 11.3 Å². The molecule has 0 bridgehead atoms. The van der Waals surface area contributed by atoms with Crippen LogP contribution in [0.3, 0.4) is 0 Å². The van der Waals surface area contributed by atoms with Gasteiger partial charge in [-0.2, -0.15) is 0 Å². The number of hydrogen-bond acceptors (Lipinski definition) is 3. The van der Waals surface area contributed by atoms with Crippen LogP contribution in [0.4, 0.5) is 0 Å². The fraction of sp³-hybridized carbons (Fsp3) is 0.571. The van der Waals surface area contributed by atoms with Crippen LogP contribution in [0.2, 0.25) is 0 Å². The van der Waals surface area contributed by atoms with Gasteiger partial charge in [-0.1, -0.05) is 6.92 Å². The van der Waals surface area contributed by atoms with E-state index in [0.29, 0.717) is 25.8 Å². The SMILES string of the molecule is CCc1ccc(CNC(=O)[C@@H]2CC[C@H](C(=O)O)C2)s1. The highest BCUT2D eigenvalue weighted by atomic mass is 32.1. The van der Waals surface area contributed by atoms with E-state index in [1.54, 1.807) is 11.3 Å². The average molecular weight is 281 g/mol. The minimum atomic E-state index is -0.777. The second-order valence-electron chi connectivity index (χ2n) is 4.98. The Labute approximate surface area is 116 Å². The summed E-state index contributed by atoms with van der Waals surface area (Å²) >= 11 is 1.71. The summed E-state index contributed by atoms with van der Waals surface area (Å²) in [5.74, 6) is -1.26. The molecule has 0 aliphatic heterocycles. The Balaban J connectivity index is 1.80. The molecule has 1 fully saturated rings. The summed E-state index contributed by atoms with van der Waals surface area (Å²) in [6, 6.07) is 4.13. The number of carboxylic acids is 1. The van der Waals surface area contributed by atoms with Gasteiger partial charge in [0.2, 0.25) is 5.91 Å². The molecule has 1 saturated carbocycles. The minimum Gasteiger partial charge on any atom is -0.481 e. The third-order valence-corrected chi connectivity index (χ3v) is 4.88. The van der Waals surface area contributed by atoms with E-state index in [1.807, 2.05) is 6.07 Å². The fourth-order valence-corrected chi connectivity index (χ4v) is 3.37. The molecule has 2 atom stereocenters. The number of carbonyl (C=O) groups excluding carboxylic acids is 1. The summed E-state index contributed by atoms with van der Waals surface area (Å²) in [6.07, 6.45) is 2.80. The summed E-state index contributed by atoms with van der Waals surface area (Å²) in [4.78, 5) is 25.3. The van der Waals surface area contributed by atoms with Crippen molar-refractivity contribution in [2.45, 2.75) is 39.2 Å². The zero-order valence-corrected chi connectivity index (χ0v) is 11.8. The van der Waals surface area contributed by atoms with Crippen LogP contribution in [0, 0.1) is 11.8 Å². The third kappa shape index (κ3) is 3.56. The monoisotopic (exact) mass is 281 g/mol. The number of aliphatic carboxylic acids is 1. The normalized spacial score (nSPS) is 22.4. The Morgan fingerprint density at radius 2 is 2.00 bits per heavy atom. The van der Waals surface area contributed by atoms with Crippen LogP contribution in [-0.4, -0.2) is 17.0 Å². The summed E-state index contributed by atoms with van der Waals surface area (Å²) < 4.78 is 0. The smallest absolute Gasteiger partial charge is 0.306 e. The molecule has 1 aliphatic carbocycles. The predicted octanol–water partition coefficient (Wildman–Crippen LogP) is 2.43. The van der Waals surface area contributed by atoms with Crippen molar-refractivity contribution >= 4 is 23.2 Å². The number of aryl methyl sites for hydroxylation is 1. The average Bonchev–Trinajstić information content (AvgIpc) is 3.04. The van der Waals surface area contributed by atoms with Gasteiger partial charge in [0.05, 0.1) is 12.5 Å². The minimum absolute atomic E-state index is 0.00445. The van der Waals surface area contributed by atoms with Crippen LogP contribution in [0.25, 0.3) is 0 Å². The maximum Gasteiger partial charge on any atom is 0.306 e. The summed E-state index contributed by atoms with van der Waals surface area (Å²) in [5.41, 5.74) is 0. The highest BCUT2D eigenvalue weighted by Gasteiger charge is 2.33. The Bertz CT molecular complexity index is 469. The van der Waals surface area contributed by atoms with Crippen molar-refractivity contribution in [2.75, 3.05) is 0 Å². The fourth-order valence-electron chi connectivity index (χ4n) is 2.47. The first kappa shape index (κ1) is 14.1. The van der Waals surface area contributed by atoms with Gasteiger partial charge >= 0.3 is 5.97 Å². The van der Waals surface area contributed by atoms with E-state index in [1.165, 1.54) is 4.88 Å². The van der Waals surface area contributed by atoms with Crippen molar-refractivity contribution < 1.29 is 14.7 Å². The molecule has 1 aliphatic rings. The molecule has 1 heterocycles. The van der Waals surface area contributed by atoms with Crippen molar-refractivity contribution in [3.8, 4) is 0 Å². The quantitative estimate of drug-likeness (QED) is 0.871. The van der Waals surface area contributed by atoms with Crippen LogP contribution < -0.4 is 5.32 Å². The van der Waals surface area contributed by atoms with E-state index in [-0.39, 0.29) is 17.7 Å². The molecule has 0 unspecified atom stereocenters. The second kappa shape index (κ2) is 6.19. The van der Waals surface area contributed by atoms with E-state index in [0.717, 1.165) is 11.3 Å². The molecule has 19 heavy (non-hydrogen) atoms. The first-order valence-electron chi connectivity index (χ1n) is 6.68. The largest absolute Gasteiger partial charge is 0.481 e. The molecule has 1 aromatic rings. The molecule has 1 aromatic heterocycles. The molecule has 0 spiro atoms. The molecule has 4 nitrogen and oxygen atoms in total. The molecular formula is C14H19NO3S. The predicted molar refractivity (Wildman–Crippen MR) is 74.0 cm³/mol. The van der Waals surface area contributed by atoms with Crippen LogP contribution in [-0.2, 0) is 22.6 Å². The van der Waals surface area contributed by atoms with Crippen LogP contribution in [0.5, 0.6) is 0 Å². The summed E-state index contributed by atoms with van der Waals surface area (Å²) in [6.45, 7) is 2.66. The number of hydrogen-bond donors (Lipinski definition) is 2. The number of nitrogens with one attached hydrogen (secondary N) is 1. The van der Waals surface area contributed by atoms with Gasteiger partial charge in [0, 0.05) is 15.7 Å². The van der Waals surface area contributed by atoms with Gasteiger partial charge in [-0.05, 0) is 37.8 Å². The molecule has 2 N–H and O–H groups in total. The first-order valence-corrected chi connectivity index (χ1v) is 7.50. The van der Waals surface area contributed by atoms with Crippen LogP contribution >= 0.6 is 11.3 Å². The van der Waals surface area contributed by atoms with E-state index >= 15 is 0 Å². The standard InChI is InChI=1S/C14H19NO3S/c1-2-11-5-6-12(19-11)8-15-13(16)9-3-4-10(7-9)14(17)18/h5-6,9-10H,2-4,7-8H2,1H3,(H,15,16)(H,17,18)/t9-,10+/m1/s1. The highest BCUT2D eigenvalue weighted by molar-refractivity contribution is 7.11. The van der Waals surface area contributed by atoms with Gasteiger partial charge in [0.25, 0.3) is 0 Å². The lowest BCUT2D eigenvalue weighted by atomic mass is 10.0. The highest BCUT2D eigenvalue weighted by Crippen LogP contribution is 2.31. The summed E-state index contributed by atoms with van der Waals surface area (Å²) in [5, 5.41) is 11.8. The number of thiophene rings is 1. The molecule has 0 aromatic carbocycles. The topological polar surface area (TPSA) is 66.4 Å². The maximum absolute atomic E-state index is 12.0. The molecule has 5 heteroatoms. The Kier molecular flexibility index (Phi) is 4.58. The number of amides is 1. The zero-order chi connectivity index (χ0) is 13.8. The van der Waals surface area contributed by atoms with E-state index in [2.05, 4.69) is 18.3 Å². The zero-order valence-electron chi connectivity index (χ0n) is 11.0. The molecule has 0 saturated heterocycles. The van der Waals surface area contributed by atoms with E-state index in [4.69, 9.17) is 5.11 Å². The van der Waals surface area contributed by atoms with Crippen molar-refractivity contribution in [1.29, 1.82) is 0 Å². The van der Waals surface area contributed by atoms with Crippen molar-refractivity contribution in [2.24, 2.45) is 11.8 Å². The third-order valence-electron chi connectivity index (χ3n) is 3.66. The molecule has 0 radical (unpaired) electrons. The second-order valence-corrected chi connectivity index (χ2v) is 6.24. The molecule has 2 rings (SSSR count). The first-order chi connectivity index (χ1) is 9.10. The van der Waals surface area contributed by atoms with Gasteiger partial charge in [0.15, 0.2) is 0 Å². The maximum atomic E-state index is 12.0. The Hall–Kier alpha value is -1.36. The Morgan fingerprint density at radius 1 is 1.32 bits per heavy atom. The lowest BCUT2D eigenvalue weighted by molar-refractivity contribution is -0.141. The Morgan fingerprint density at radius 3 is 2.58 bits per heavy atom. The van der Waals surface area contributed by atoms with Crippen molar-refractivity contribution in [3.63, 3.8) is 0 Å². The molecule has 104 valence electrons.